The molecule has 0 radical (unpaired) electrons. The van der Waals surface area contributed by atoms with Gasteiger partial charge in [-0.1, -0.05) is 46.3 Å². The van der Waals surface area contributed by atoms with Gasteiger partial charge in [0.2, 0.25) is 0 Å². The minimum atomic E-state index is -0.502. The lowest BCUT2D eigenvalue weighted by Crippen LogP contribution is -2.49. The normalized spacial score (nSPS) is 16.1. The average Bonchev–Trinajstić information content (AvgIpc) is 2.73. The lowest BCUT2D eigenvalue weighted by Gasteiger charge is -2.38. The zero-order chi connectivity index (χ0) is 21.1. The summed E-state index contributed by atoms with van der Waals surface area (Å²) in [4.78, 5) is 4.80. The van der Waals surface area contributed by atoms with E-state index in [4.69, 9.17) is 4.74 Å². The summed E-state index contributed by atoms with van der Waals surface area (Å²) in [5, 5.41) is 12.8. The standard InChI is InChI=1S/C25H29BrN2O2/c1-18-4-3-5-19(2)25(18)28-12-10-27(11-13-28)16-23(29)17-30-24-9-7-20-14-22(26)8-6-21(20)15-24/h3-9,14-15,23,29H,10-13,16-17H2,1-2H3/t23-/m1/s1. The first-order valence-corrected chi connectivity index (χ1v) is 11.3. The number of fused-ring (bicyclic) bond motifs is 1. The van der Waals surface area contributed by atoms with E-state index in [1.807, 2.05) is 18.2 Å². The first-order chi connectivity index (χ1) is 14.5. The molecule has 1 atom stereocenters. The highest BCUT2D eigenvalue weighted by Gasteiger charge is 2.21. The van der Waals surface area contributed by atoms with Gasteiger partial charge in [0.25, 0.3) is 0 Å². The summed E-state index contributed by atoms with van der Waals surface area (Å²) in [6.45, 7) is 9.19. The smallest absolute Gasteiger partial charge is 0.120 e. The third-order valence-electron chi connectivity index (χ3n) is 5.81. The van der Waals surface area contributed by atoms with Crippen LogP contribution in [-0.4, -0.2) is 55.4 Å². The van der Waals surface area contributed by atoms with Gasteiger partial charge in [-0.15, -0.1) is 0 Å². The summed E-state index contributed by atoms with van der Waals surface area (Å²) in [6.07, 6.45) is -0.502. The topological polar surface area (TPSA) is 35.9 Å². The largest absolute Gasteiger partial charge is 0.491 e. The minimum absolute atomic E-state index is 0.305. The second kappa shape index (κ2) is 9.38. The number of β-amino-alcohol motifs (C(OH)–C–C–N with tert-alkyl or cyclic N) is 1. The number of hydrogen-bond donors (Lipinski definition) is 1. The molecule has 1 aliphatic heterocycles. The molecule has 1 saturated heterocycles. The highest BCUT2D eigenvalue weighted by atomic mass is 79.9. The van der Waals surface area contributed by atoms with Crippen LogP contribution in [0.1, 0.15) is 11.1 Å². The number of aliphatic hydroxyl groups is 1. The number of benzene rings is 3. The molecule has 1 N–H and O–H groups in total. The molecule has 5 heteroatoms. The van der Waals surface area contributed by atoms with Crippen molar-refractivity contribution in [3.8, 4) is 5.75 Å². The first-order valence-electron chi connectivity index (χ1n) is 10.5. The van der Waals surface area contributed by atoms with Crippen LogP contribution < -0.4 is 9.64 Å². The molecule has 0 spiro atoms. The second-order valence-corrected chi connectivity index (χ2v) is 9.06. The molecule has 4 nitrogen and oxygen atoms in total. The van der Waals surface area contributed by atoms with Crippen LogP contribution in [0, 0.1) is 13.8 Å². The van der Waals surface area contributed by atoms with Crippen molar-refractivity contribution in [2.75, 3.05) is 44.2 Å². The Labute approximate surface area is 187 Å². The maximum atomic E-state index is 10.5. The molecule has 1 heterocycles. The fraction of sp³-hybridized carbons (Fsp3) is 0.360. The SMILES string of the molecule is Cc1cccc(C)c1N1CCN(C[C@@H](O)COc2ccc3cc(Br)ccc3c2)CC1. The van der Waals surface area contributed by atoms with Gasteiger partial charge in [-0.2, -0.15) is 0 Å². The van der Waals surface area contributed by atoms with E-state index in [9.17, 15) is 5.11 Å². The number of aryl methyl sites for hydroxylation is 2. The van der Waals surface area contributed by atoms with Gasteiger partial charge in [-0.3, -0.25) is 4.90 Å². The summed E-state index contributed by atoms with van der Waals surface area (Å²) in [5.41, 5.74) is 4.03. The molecule has 0 saturated carbocycles. The van der Waals surface area contributed by atoms with E-state index in [1.165, 1.54) is 22.2 Å². The van der Waals surface area contributed by atoms with E-state index in [-0.39, 0.29) is 0 Å². The number of aliphatic hydroxyl groups excluding tert-OH is 1. The van der Waals surface area contributed by atoms with Gasteiger partial charge in [0, 0.05) is 42.9 Å². The van der Waals surface area contributed by atoms with Gasteiger partial charge < -0.3 is 14.7 Å². The number of para-hydroxylation sites is 1. The van der Waals surface area contributed by atoms with Crippen LogP contribution in [0.4, 0.5) is 5.69 Å². The highest BCUT2D eigenvalue weighted by molar-refractivity contribution is 9.10. The molecule has 3 aromatic rings. The zero-order valence-electron chi connectivity index (χ0n) is 17.6. The van der Waals surface area contributed by atoms with Gasteiger partial charge in [0.05, 0.1) is 0 Å². The average molecular weight is 469 g/mol. The molecule has 1 fully saturated rings. The van der Waals surface area contributed by atoms with Gasteiger partial charge >= 0.3 is 0 Å². The Balaban J connectivity index is 1.27. The molecule has 0 unspecified atom stereocenters. The Bertz CT molecular complexity index is 995. The van der Waals surface area contributed by atoms with Crippen LogP contribution in [0.5, 0.6) is 5.75 Å². The van der Waals surface area contributed by atoms with E-state index in [0.29, 0.717) is 13.2 Å². The maximum absolute atomic E-state index is 10.5. The predicted octanol–water partition coefficient (Wildman–Crippen LogP) is 4.78. The number of nitrogens with zero attached hydrogens (tertiary/aromatic N) is 2. The lowest BCUT2D eigenvalue weighted by atomic mass is 10.1. The highest BCUT2D eigenvalue weighted by Crippen LogP contribution is 2.26. The van der Waals surface area contributed by atoms with Crippen molar-refractivity contribution in [2.24, 2.45) is 0 Å². The van der Waals surface area contributed by atoms with E-state index >= 15 is 0 Å². The molecule has 0 bridgehead atoms. The van der Waals surface area contributed by atoms with Gasteiger partial charge in [-0.25, -0.2) is 0 Å². The van der Waals surface area contributed by atoms with Crippen molar-refractivity contribution in [1.29, 1.82) is 0 Å². The molecule has 0 amide bonds. The molecule has 0 aliphatic carbocycles. The van der Waals surface area contributed by atoms with Crippen molar-refractivity contribution in [1.82, 2.24) is 4.90 Å². The van der Waals surface area contributed by atoms with Crippen molar-refractivity contribution in [3.63, 3.8) is 0 Å². The van der Waals surface area contributed by atoms with Crippen LogP contribution >= 0.6 is 15.9 Å². The monoisotopic (exact) mass is 468 g/mol. The first kappa shape index (κ1) is 21.2. The number of anilines is 1. The molecule has 0 aromatic heterocycles. The summed E-state index contributed by atoms with van der Waals surface area (Å²) < 4.78 is 6.94. The summed E-state index contributed by atoms with van der Waals surface area (Å²) >= 11 is 3.50. The number of halogens is 1. The van der Waals surface area contributed by atoms with Crippen molar-refractivity contribution in [3.05, 3.63) is 70.2 Å². The third kappa shape index (κ3) is 4.97. The number of ether oxygens (including phenoxy) is 1. The lowest BCUT2D eigenvalue weighted by molar-refractivity contribution is 0.0663. The predicted molar refractivity (Wildman–Crippen MR) is 128 cm³/mol. The van der Waals surface area contributed by atoms with E-state index < -0.39 is 6.10 Å². The van der Waals surface area contributed by atoms with Crippen LogP contribution in [0.25, 0.3) is 10.8 Å². The number of rotatable bonds is 6. The Morgan fingerprint density at radius 2 is 1.60 bits per heavy atom. The van der Waals surface area contributed by atoms with Crippen LogP contribution in [0.15, 0.2) is 59.1 Å². The molecule has 158 valence electrons. The van der Waals surface area contributed by atoms with E-state index in [0.717, 1.165) is 41.8 Å². The van der Waals surface area contributed by atoms with Crippen LogP contribution in [-0.2, 0) is 0 Å². The summed E-state index contributed by atoms with van der Waals surface area (Å²) in [6, 6.07) is 18.7. The maximum Gasteiger partial charge on any atom is 0.120 e. The minimum Gasteiger partial charge on any atom is -0.491 e. The Morgan fingerprint density at radius 1 is 0.933 bits per heavy atom. The molecule has 4 rings (SSSR count). The fourth-order valence-corrected chi connectivity index (χ4v) is 4.66. The van der Waals surface area contributed by atoms with E-state index in [2.05, 4.69) is 76.0 Å². The van der Waals surface area contributed by atoms with Crippen molar-refractivity contribution < 1.29 is 9.84 Å². The van der Waals surface area contributed by atoms with Gasteiger partial charge in [0.1, 0.15) is 18.5 Å². The van der Waals surface area contributed by atoms with Crippen LogP contribution in [0.2, 0.25) is 0 Å². The van der Waals surface area contributed by atoms with Crippen molar-refractivity contribution >= 4 is 32.4 Å². The number of hydrogen-bond acceptors (Lipinski definition) is 4. The fourth-order valence-electron chi connectivity index (χ4n) is 4.29. The van der Waals surface area contributed by atoms with Gasteiger partial charge in [-0.05, 0) is 60.0 Å². The zero-order valence-corrected chi connectivity index (χ0v) is 19.2. The quantitative estimate of drug-likeness (QED) is 0.564. The summed E-state index contributed by atoms with van der Waals surface area (Å²) in [5.74, 6) is 0.795. The Kier molecular flexibility index (Phi) is 6.61. The number of piperazine rings is 1. The third-order valence-corrected chi connectivity index (χ3v) is 6.31. The second-order valence-electron chi connectivity index (χ2n) is 8.15. The van der Waals surface area contributed by atoms with Crippen LogP contribution in [0.3, 0.4) is 0 Å². The Hall–Kier alpha value is -2.08. The Morgan fingerprint density at radius 3 is 2.33 bits per heavy atom. The molecule has 1 aliphatic rings. The van der Waals surface area contributed by atoms with Crippen molar-refractivity contribution in [2.45, 2.75) is 20.0 Å². The summed E-state index contributed by atoms with van der Waals surface area (Å²) in [7, 11) is 0. The molecule has 3 aromatic carbocycles. The molecule has 30 heavy (non-hydrogen) atoms. The van der Waals surface area contributed by atoms with Gasteiger partial charge in [0.15, 0.2) is 0 Å². The molecular weight excluding hydrogens is 440 g/mol. The van der Waals surface area contributed by atoms with E-state index in [1.54, 1.807) is 0 Å². The molecular formula is C25H29BrN2O2.